The number of ketones is 1. The molecule has 6 nitrogen and oxygen atoms in total. The predicted octanol–water partition coefficient (Wildman–Crippen LogP) is 5.13. The van der Waals surface area contributed by atoms with E-state index in [0.29, 0.717) is 17.0 Å². The number of rotatable bonds is 4. The van der Waals surface area contributed by atoms with Crippen molar-refractivity contribution in [2.45, 2.75) is 13.0 Å². The average molecular weight is 468 g/mol. The van der Waals surface area contributed by atoms with Crippen LogP contribution in [-0.2, 0) is 9.59 Å². The largest absolute Gasteiger partial charge is 0.508 e. The highest BCUT2D eigenvalue weighted by Gasteiger charge is 2.47. The zero-order valence-electron chi connectivity index (χ0n) is 17.7. The third kappa shape index (κ3) is 3.91. The highest BCUT2D eigenvalue weighted by Crippen LogP contribution is 2.43. The van der Waals surface area contributed by atoms with E-state index in [1.54, 1.807) is 24.3 Å². The maximum Gasteiger partial charge on any atom is 0.300 e. The lowest BCUT2D eigenvalue weighted by molar-refractivity contribution is -0.132. The van der Waals surface area contributed by atoms with Crippen molar-refractivity contribution in [1.29, 1.82) is 0 Å². The number of benzene rings is 3. The molecular weight excluding hydrogens is 449 g/mol. The number of ether oxygens (including phenoxy) is 1. The molecule has 1 aliphatic rings. The van der Waals surface area contributed by atoms with Gasteiger partial charge in [-0.3, -0.25) is 14.5 Å². The monoisotopic (exact) mass is 467 g/mol. The fourth-order valence-electron chi connectivity index (χ4n) is 3.82. The summed E-state index contributed by atoms with van der Waals surface area (Å²) in [5.41, 5.74) is 1.10. The van der Waals surface area contributed by atoms with Crippen molar-refractivity contribution in [3.05, 3.63) is 93.8 Å². The van der Waals surface area contributed by atoms with Crippen molar-refractivity contribution < 1.29 is 28.9 Å². The van der Waals surface area contributed by atoms with E-state index in [9.17, 15) is 24.2 Å². The molecule has 1 amide bonds. The molecule has 0 spiro atoms. The third-order valence-corrected chi connectivity index (χ3v) is 5.79. The summed E-state index contributed by atoms with van der Waals surface area (Å²) in [4.78, 5) is 27.5. The van der Waals surface area contributed by atoms with E-state index in [-0.39, 0.29) is 27.5 Å². The maximum absolute atomic E-state index is 13.8. The van der Waals surface area contributed by atoms with E-state index in [1.807, 2.05) is 0 Å². The summed E-state index contributed by atoms with van der Waals surface area (Å²) in [5.74, 6) is -2.28. The van der Waals surface area contributed by atoms with E-state index in [2.05, 4.69) is 0 Å². The number of phenols is 1. The number of anilines is 1. The summed E-state index contributed by atoms with van der Waals surface area (Å²) in [5, 5.41) is 21.0. The fraction of sp³-hybridized carbons (Fsp3) is 0.120. The Morgan fingerprint density at radius 1 is 1.06 bits per heavy atom. The van der Waals surface area contributed by atoms with Gasteiger partial charge in [-0.15, -0.1) is 0 Å². The SMILES string of the molecule is COc1ccc(N2C(=O)C(=O)/C(=C(/O)c3ccc(F)c(C)c3)C2c2ccc(O)cc2)cc1Cl. The minimum absolute atomic E-state index is 0.00245. The predicted molar refractivity (Wildman–Crippen MR) is 122 cm³/mol. The number of aromatic hydroxyl groups is 1. The van der Waals surface area contributed by atoms with Gasteiger partial charge in [0.05, 0.1) is 23.7 Å². The number of phenolic OH excluding ortho intramolecular Hbond substituents is 1. The molecule has 33 heavy (non-hydrogen) atoms. The molecule has 2 N–H and O–H groups in total. The second-order valence-electron chi connectivity index (χ2n) is 7.54. The fourth-order valence-corrected chi connectivity index (χ4v) is 4.08. The van der Waals surface area contributed by atoms with Crippen LogP contribution in [0.25, 0.3) is 5.76 Å². The number of hydrogen-bond donors (Lipinski definition) is 2. The van der Waals surface area contributed by atoms with Gasteiger partial charge in [0, 0.05) is 11.3 Å². The molecule has 1 atom stereocenters. The number of methoxy groups -OCH3 is 1. The van der Waals surface area contributed by atoms with E-state index < -0.39 is 29.3 Å². The van der Waals surface area contributed by atoms with Gasteiger partial charge in [-0.05, 0) is 66.6 Å². The highest BCUT2D eigenvalue weighted by molar-refractivity contribution is 6.51. The first-order chi connectivity index (χ1) is 15.7. The standard InChI is InChI=1S/C25H19ClFNO5/c1-13-11-15(5-9-19(13)27)23(30)21-22(14-3-7-17(29)8-4-14)28(25(32)24(21)31)16-6-10-20(33-2)18(26)12-16/h3-12,22,29-30H,1-2H3/b23-21+. The van der Waals surface area contributed by atoms with Gasteiger partial charge in [-0.1, -0.05) is 23.7 Å². The summed E-state index contributed by atoms with van der Waals surface area (Å²) in [6.45, 7) is 1.53. The summed E-state index contributed by atoms with van der Waals surface area (Å²) >= 11 is 6.26. The number of carbonyl (C=O) groups is 2. The molecule has 0 aliphatic carbocycles. The van der Waals surface area contributed by atoms with Crippen LogP contribution in [0.15, 0.2) is 66.2 Å². The Hall–Kier alpha value is -3.84. The lowest BCUT2D eigenvalue weighted by Gasteiger charge is -2.26. The third-order valence-electron chi connectivity index (χ3n) is 5.50. The number of aliphatic hydroxyl groups is 1. The van der Waals surface area contributed by atoms with Crippen LogP contribution in [0.5, 0.6) is 11.5 Å². The molecule has 1 saturated heterocycles. The lowest BCUT2D eigenvalue weighted by Crippen LogP contribution is -2.29. The number of Topliss-reactive ketones (excluding diaryl/α,β-unsaturated/α-hetero) is 1. The molecule has 1 aliphatic heterocycles. The van der Waals surface area contributed by atoms with Crippen LogP contribution in [0.2, 0.25) is 5.02 Å². The number of aliphatic hydroxyl groups excluding tert-OH is 1. The van der Waals surface area contributed by atoms with Crippen LogP contribution in [0, 0.1) is 12.7 Å². The Morgan fingerprint density at radius 2 is 1.76 bits per heavy atom. The Kier molecular flexibility index (Phi) is 5.82. The first-order valence-electron chi connectivity index (χ1n) is 9.93. The Labute approximate surface area is 194 Å². The molecule has 3 aromatic carbocycles. The number of carbonyl (C=O) groups excluding carboxylic acids is 2. The Morgan fingerprint density at radius 3 is 2.36 bits per heavy atom. The number of nitrogens with zero attached hydrogens (tertiary/aromatic N) is 1. The molecule has 0 aromatic heterocycles. The summed E-state index contributed by atoms with van der Waals surface area (Å²) < 4.78 is 18.9. The number of hydrogen-bond acceptors (Lipinski definition) is 5. The summed E-state index contributed by atoms with van der Waals surface area (Å²) in [7, 11) is 1.45. The molecule has 1 fully saturated rings. The molecule has 0 bridgehead atoms. The molecule has 1 heterocycles. The van der Waals surface area contributed by atoms with Crippen LogP contribution in [0.1, 0.15) is 22.7 Å². The minimum atomic E-state index is -1.01. The Bertz CT molecular complexity index is 1300. The van der Waals surface area contributed by atoms with Crippen molar-refractivity contribution in [2.75, 3.05) is 12.0 Å². The molecule has 3 aromatic rings. The van der Waals surface area contributed by atoms with Gasteiger partial charge in [-0.25, -0.2) is 4.39 Å². The van der Waals surface area contributed by atoms with Gasteiger partial charge in [0.2, 0.25) is 0 Å². The number of halogens is 2. The van der Waals surface area contributed by atoms with Crippen molar-refractivity contribution in [1.82, 2.24) is 0 Å². The van der Waals surface area contributed by atoms with Gasteiger partial charge >= 0.3 is 0 Å². The van der Waals surface area contributed by atoms with Gasteiger partial charge in [0.1, 0.15) is 23.1 Å². The topological polar surface area (TPSA) is 87.1 Å². The second kappa shape index (κ2) is 8.60. The van der Waals surface area contributed by atoms with Crippen LogP contribution in [0.3, 0.4) is 0 Å². The van der Waals surface area contributed by atoms with Crippen molar-refractivity contribution >= 4 is 34.7 Å². The molecule has 4 rings (SSSR count). The van der Waals surface area contributed by atoms with Crippen LogP contribution >= 0.6 is 11.6 Å². The molecule has 1 unspecified atom stereocenters. The average Bonchev–Trinajstić information content (AvgIpc) is 3.06. The smallest absolute Gasteiger partial charge is 0.300 e. The normalized spacial score (nSPS) is 17.5. The first-order valence-corrected chi connectivity index (χ1v) is 10.3. The van der Waals surface area contributed by atoms with E-state index in [4.69, 9.17) is 16.3 Å². The summed E-state index contributed by atoms with van der Waals surface area (Å²) in [6, 6.07) is 13.5. The molecular formula is C25H19ClFNO5. The van der Waals surface area contributed by atoms with Gasteiger partial charge in [-0.2, -0.15) is 0 Å². The van der Waals surface area contributed by atoms with Crippen LogP contribution in [0.4, 0.5) is 10.1 Å². The zero-order valence-corrected chi connectivity index (χ0v) is 18.4. The number of aryl methyl sites for hydroxylation is 1. The maximum atomic E-state index is 13.8. The minimum Gasteiger partial charge on any atom is -0.508 e. The molecule has 8 heteroatoms. The summed E-state index contributed by atoms with van der Waals surface area (Å²) in [6.07, 6.45) is 0. The quantitative estimate of drug-likeness (QED) is 0.315. The van der Waals surface area contributed by atoms with E-state index >= 15 is 0 Å². The molecule has 0 radical (unpaired) electrons. The van der Waals surface area contributed by atoms with Gasteiger partial charge in [0.25, 0.3) is 11.7 Å². The van der Waals surface area contributed by atoms with Crippen molar-refractivity contribution in [2.24, 2.45) is 0 Å². The van der Waals surface area contributed by atoms with Crippen LogP contribution < -0.4 is 9.64 Å². The van der Waals surface area contributed by atoms with Crippen LogP contribution in [-0.4, -0.2) is 29.0 Å². The first kappa shape index (κ1) is 22.4. The second-order valence-corrected chi connectivity index (χ2v) is 7.95. The van der Waals surface area contributed by atoms with E-state index in [0.717, 1.165) is 0 Å². The van der Waals surface area contributed by atoms with Crippen molar-refractivity contribution in [3.8, 4) is 11.5 Å². The highest BCUT2D eigenvalue weighted by atomic mass is 35.5. The molecule has 0 saturated carbocycles. The molecule has 168 valence electrons. The van der Waals surface area contributed by atoms with Gasteiger partial charge < -0.3 is 14.9 Å². The van der Waals surface area contributed by atoms with Gasteiger partial charge in [0.15, 0.2) is 0 Å². The lowest BCUT2D eigenvalue weighted by atomic mass is 9.94. The van der Waals surface area contributed by atoms with E-state index in [1.165, 1.54) is 55.3 Å². The zero-order chi connectivity index (χ0) is 23.9. The number of amides is 1. The van der Waals surface area contributed by atoms with Crippen molar-refractivity contribution in [3.63, 3.8) is 0 Å². The Balaban J connectivity index is 1.94.